The van der Waals surface area contributed by atoms with Gasteiger partial charge in [-0.15, -0.1) is 0 Å². The van der Waals surface area contributed by atoms with E-state index in [1.165, 1.54) is 0 Å². The quantitative estimate of drug-likeness (QED) is 0.451. The van der Waals surface area contributed by atoms with E-state index < -0.39 is 11.9 Å². The van der Waals surface area contributed by atoms with Gasteiger partial charge in [0.15, 0.2) is 11.5 Å². The van der Waals surface area contributed by atoms with Gasteiger partial charge >= 0.3 is 0 Å². The van der Waals surface area contributed by atoms with Gasteiger partial charge in [-0.05, 0) is 43.7 Å². The molecule has 162 valence electrons. The highest BCUT2D eigenvalue weighted by atomic mass is 16.7. The number of H-pyrrole nitrogens is 1. The van der Waals surface area contributed by atoms with Gasteiger partial charge < -0.3 is 25.1 Å². The van der Waals surface area contributed by atoms with Gasteiger partial charge in [-0.2, -0.15) is 0 Å². The second-order valence-corrected chi connectivity index (χ2v) is 7.79. The molecule has 2 amide bonds. The molecule has 8 heteroatoms. The number of fused-ring (bicyclic) bond motifs is 4. The van der Waals surface area contributed by atoms with Crippen LogP contribution in [0.2, 0.25) is 0 Å². The third-order valence-electron chi connectivity index (χ3n) is 5.55. The third kappa shape index (κ3) is 3.60. The minimum absolute atomic E-state index is 0.200. The van der Waals surface area contributed by atoms with E-state index in [9.17, 15) is 9.59 Å². The Morgan fingerprint density at radius 2 is 1.91 bits per heavy atom. The molecule has 0 bridgehead atoms. The van der Waals surface area contributed by atoms with Crippen LogP contribution in [0, 0.1) is 6.92 Å². The van der Waals surface area contributed by atoms with Gasteiger partial charge in [0.05, 0.1) is 11.2 Å². The number of benzene rings is 2. The van der Waals surface area contributed by atoms with E-state index in [0.29, 0.717) is 18.0 Å². The SMILES string of the molecule is Cc1nc(C(=O)N[C@@H](C)C(=O)NCc2ccc3c(c2)OCO3)cc2c1[nH]c1ccccc12. The minimum atomic E-state index is -0.725. The predicted molar refractivity (Wildman–Crippen MR) is 120 cm³/mol. The van der Waals surface area contributed by atoms with Gasteiger partial charge in [-0.1, -0.05) is 24.3 Å². The van der Waals surface area contributed by atoms with Gasteiger partial charge in [0, 0.05) is 22.8 Å². The molecule has 3 heterocycles. The van der Waals surface area contributed by atoms with E-state index in [4.69, 9.17) is 9.47 Å². The van der Waals surface area contributed by atoms with Crippen molar-refractivity contribution in [3.05, 3.63) is 65.5 Å². The Kier molecular flexibility index (Phi) is 4.89. The van der Waals surface area contributed by atoms with Crippen LogP contribution in [-0.4, -0.2) is 34.6 Å². The highest BCUT2D eigenvalue weighted by Crippen LogP contribution is 2.32. The molecular weight excluding hydrogens is 408 g/mol. The summed E-state index contributed by atoms with van der Waals surface area (Å²) in [6.45, 7) is 4.01. The van der Waals surface area contributed by atoms with E-state index in [2.05, 4.69) is 20.6 Å². The lowest BCUT2D eigenvalue weighted by Crippen LogP contribution is -2.44. The first-order chi connectivity index (χ1) is 15.5. The minimum Gasteiger partial charge on any atom is -0.454 e. The molecule has 0 saturated heterocycles. The number of ether oxygens (including phenoxy) is 2. The smallest absolute Gasteiger partial charge is 0.270 e. The molecule has 0 aliphatic carbocycles. The number of nitrogens with one attached hydrogen (secondary N) is 3. The number of carbonyl (C=O) groups is 2. The zero-order valence-electron chi connectivity index (χ0n) is 17.7. The molecule has 5 rings (SSSR count). The van der Waals surface area contributed by atoms with Gasteiger partial charge in [-0.25, -0.2) is 4.98 Å². The Morgan fingerprint density at radius 3 is 2.78 bits per heavy atom. The summed E-state index contributed by atoms with van der Waals surface area (Å²) in [4.78, 5) is 33.1. The summed E-state index contributed by atoms with van der Waals surface area (Å²) < 4.78 is 10.6. The number of aromatic nitrogens is 2. The summed E-state index contributed by atoms with van der Waals surface area (Å²) >= 11 is 0. The summed E-state index contributed by atoms with van der Waals surface area (Å²) in [6.07, 6.45) is 0. The Morgan fingerprint density at radius 1 is 1.09 bits per heavy atom. The molecule has 0 unspecified atom stereocenters. The lowest BCUT2D eigenvalue weighted by molar-refractivity contribution is -0.122. The summed E-state index contributed by atoms with van der Waals surface area (Å²) in [5, 5.41) is 7.52. The zero-order valence-corrected chi connectivity index (χ0v) is 17.7. The summed E-state index contributed by atoms with van der Waals surface area (Å²) in [7, 11) is 0. The van der Waals surface area contributed by atoms with E-state index >= 15 is 0 Å². The van der Waals surface area contributed by atoms with Crippen LogP contribution in [0.1, 0.15) is 28.7 Å². The lowest BCUT2D eigenvalue weighted by Gasteiger charge is -2.14. The third-order valence-corrected chi connectivity index (χ3v) is 5.55. The van der Waals surface area contributed by atoms with E-state index in [-0.39, 0.29) is 18.4 Å². The average Bonchev–Trinajstić information content (AvgIpc) is 3.41. The molecule has 0 saturated carbocycles. The predicted octanol–water partition coefficient (Wildman–Crippen LogP) is 3.19. The Labute approximate surface area is 183 Å². The molecule has 3 N–H and O–H groups in total. The van der Waals surface area contributed by atoms with Crippen LogP contribution in [0.5, 0.6) is 11.5 Å². The number of amides is 2. The van der Waals surface area contributed by atoms with Gasteiger partial charge in [0.2, 0.25) is 12.7 Å². The van der Waals surface area contributed by atoms with Crippen LogP contribution in [0.15, 0.2) is 48.5 Å². The van der Waals surface area contributed by atoms with Crippen molar-refractivity contribution in [1.82, 2.24) is 20.6 Å². The van der Waals surface area contributed by atoms with Crippen LogP contribution in [0.25, 0.3) is 21.8 Å². The van der Waals surface area contributed by atoms with E-state index in [0.717, 1.165) is 33.1 Å². The van der Waals surface area contributed by atoms with Crippen LogP contribution < -0.4 is 20.1 Å². The zero-order chi connectivity index (χ0) is 22.2. The molecule has 4 aromatic rings. The van der Waals surface area contributed by atoms with Crippen molar-refractivity contribution in [1.29, 1.82) is 0 Å². The molecule has 0 fully saturated rings. The van der Waals surface area contributed by atoms with Gasteiger partial charge in [0.25, 0.3) is 5.91 Å². The number of hydrogen-bond donors (Lipinski definition) is 3. The first-order valence-corrected chi connectivity index (χ1v) is 10.3. The molecule has 1 aliphatic rings. The van der Waals surface area contributed by atoms with Crippen molar-refractivity contribution in [3.63, 3.8) is 0 Å². The molecule has 1 aliphatic heterocycles. The van der Waals surface area contributed by atoms with Gasteiger partial charge in [-0.3, -0.25) is 9.59 Å². The number of hydrogen-bond acceptors (Lipinski definition) is 5. The van der Waals surface area contributed by atoms with E-state index in [1.807, 2.05) is 49.4 Å². The molecular formula is C24H22N4O4. The van der Waals surface area contributed by atoms with Crippen molar-refractivity contribution >= 4 is 33.6 Å². The second-order valence-electron chi connectivity index (χ2n) is 7.79. The fourth-order valence-corrected chi connectivity index (χ4v) is 3.85. The number of rotatable bonds is 5. The Bertz CT molecular complexity index is 1360. The maximum atomic E-state index is 12.8. The van der Waals surface area contributed by atoms with Crippen molar-refractivity contribution < 1.29 is 19.1 Å². The topological polar surface area (TPSA) is 105 Å². The summed E-state index contributed by atoms with van der Waals surface area (Å²) in [5.74, 6) is 0.662. The maximum absolute atomic E-state index is 12.8. The van der Waals surface area contributed by atoms with Crippen molar-refractivity contribution in [2.45, 2.75) is 26.4 Å². The van der Waals surface area contributed by atoms with Crippen LogP contribution in [0.4, 0.5) is 0 Å². The highest BCUT2D eigenvalue weighted by Gasteiger charge is 2.20. The normalized spacial score (nSPS) is 13.3. The Hall–Kier alpha value is -4.07. The largest absolute Gasteiger partial charge is 0.454 e. The maximum Gasteiger partial charge on any atom is 0.270 e. The summed E-state index contributed by atoms with van der Waals surface area (Å²) in [5.41, 5.74) is 3.76. The molecule has 1 atom stereocenters. The fourth-order valence-electron chi connectivity index (χ4n) is 3.85. The fraction of sp³-hybridized carbons (Fsp3) is 0.208. The second kappa shape index (κ2) is 7.88. The highest BCUT2D eigenvalue weighted by molar-refractivity contribution is 6.10. The number of aromatic amines is 1. The first-order valence-electron chi connectivity index (χ1n) is 10.3. The number of carbonyl (C=O) groups excluding carboxylic acids is 2. The molecule has 8 nitrogen and oxygen atoms in total. The number of nitrogens with zero attached hydrogens (tertiary/aromatic N) is 1. The van der Waals surface area contributed by atoms with Crippen LogP contribution in [0.3, 0.4) is 0 Å². The Balaban J connectivity index is 1.27. The number of para-hydroxylation sites is 1. The van der Waals surface area contributed by atoms with Gasteiger partial charge in [0.1, 0.15) is 11.7 Å². The number of aryl methyl sites for hydroxylation is 1. The van der Waals surface area contributed by atoms with Crippen molar-refractivity contribution in [2.75, 3.05) is 6.79 Å². The number of pyridine rings is 1. The molecule has 2 aromatic carbocycles. The summed E-state index contributed by atoms with van der Waals surface area (Å²) in [6, 6.07) is 14.4. The van der Waals surface area contributed by atoms with E-state index in [1.54, 1.807) is 13.0 Å². The molecule has 0 radical (unpaired) electrons. The van der Waals surface area contributed by atoms with Crippen LogP contribution in [-0.2, 0) is 11.3 Å². The standard InChI is InChI=1S/C24H22N4O4/c1-13-22-17(16-5-3-4-6-18(16)28-22)10-19(26-13)24(30)27-14(2)23(29)25-11-15-7-8-20-21(9-15)32-12-31-20/h3-10,14,28H,11-12H2,1-2H3,(H,25,29)(H,27,30)/t14-/m0/s1. The molecule has 0 spiro atoms. The lowest BCUT2D eigenvalue weighted by atomic mass is 10.1. The molecule has 2 aromatic heterocycles. The monoisotopic (exact) mass is 430 g/mol. The van der Waals surface area contributed by atoms with Crippen molar-refractivity contribution in [3.8, 4) is 11.5 Å². The molecule has 32 heavy (non-hydrogen) atoms. The van der Waals surface area contributed by atoms with Crippen molar-refractivity contribution in [2.24, 2.45) is 0 Å². The first kappa shape index (κ1) is 19.9. The average molecular weight is 430 g/mol. The van der Waals surface area contributed by atoms with Crippen LogP contribution >= 0.6 is 0 Å².